The third kappa shape index (κ3) is 2.29. The molecule has 0 saturated carbocycles. The first-order valence-corrected chi connectivity index (χ1v) is 5.77. The van der Waals surface area contributed by atoms with Crippen LogP contribution in [0.25, 0.3) is 0 Å². The summed E-state index contributed by atoms with van der Waals surface area (Å²) in [6.45, 7) is 1.97. The SMILES string of the molecule is CN1CC(Oc2cnc(Cl)cc2I)C1. The molecule has 0 atom stereocenters. The second kappa shape index (κ2) is 4.20. The molecule has 0 aromatic carbocycles. The lowest BCUT2D eigenvalue weighted by atomic mass is 10.2. The van der Waals surface area contributed by atoms with Crippen LogP contribution in [-0.4, -0.2) is 36.1 Å². The molecule has 14 heavy (non-hydrogen) atoms. The van der Waals surface area contributed by atoms with Gasteiger partial charge in [0.05, 0.1) is 9.77 Å². The van der Waals surface area contributed by atoms with Crippen molar-refractivity contribution in [2.75, 3.05) is 20.1 Å². The first-order chi connectivity index (χ1) is 6.65. The van der Waals surface area contributed by atoms with Crippen molar-refractivity contribution < 1.29 is 4.74 Å². The summed E-state index contributed by atoms with van der Waals surface area (Å²) < 4.78 is 6.75. The molecular formula is C9H10ClIN2O. The fourth-order valence-corrected chi connectivity index (χ4v) is 2.28. The van der Waals surface area contributed by atoms with Gasteiger partial charge < -0.3 is 4.74 Å². The predicted molar refractivity (Wildman–Crippen MR) is 63.9 cm³/mol. The van der Waals surface area contributed by atoms with Gasteiger partial charge in [-0.3, -0.25) is 4.90 Å². The monoisotopic (exact) mass is 324 g/mol. The molecule has 1 aliphatic rings. The van der Waals surface area contributed by atoms with Crippen LogP contribution in [0.3, 0.4) is 0 Å². The Labute approximate surface area is 102 Å². The zero-order chi connectivity index (χ0) is 10.1. The Balaban J connectivity index is 2.02. The van der Waals surface area contributed by atoms with Gasteiger partial charge in [0.2, 0.25) is 0 Å². The first-order valence-electron chi connectivity index (χ1n) is 4.31. The van der Waals surface area contributed by atoms with Crippen LogP contribution in [-0.2, 0) is 0 Å². The average molecular weight is 325 g/mol. The lowest BCUT2D eigenvalue weighted by Crippen LogP contribution is -2.51. The molecule has 1 fully saturated rings. The topological polar surface area (TPSA) is 25.4 Å². The highest BCUT2D eigenvalue weighted by Crippen LogP contribution is 2.24. The van der Waals surface area contributed by atoms with Gasteiger partial charge in [-0.25, -0.2) is 4.98 Å². The van der Waals surface area contributed by atoms with Crippen molar-refractivity contribution in [3.05, 3.63) is 21.0 Å². The number of rotatable bonds is 2. The van der Waals surface area contributed by atoms with E-state index in [1.54, 1.807) is 12.3 Å². The van der Waals surface area contributed by atoms with E-state index in [0.717, 1.165) is 22.4 Å². The van der Waals surface area contributed by atoms with Crippen LogP contribution < -0.4 is 4.74 Å². The number of likely N-dealkylation sites (tertiary alicyclic amines) is 1. The molecule has 0 radical (unpaired) electrons. The van der Waals surface area contributed by atoms with E-state index in [0.29, 0.717) is 11.3 Å². The van der Waals surface area contributed by atoms with E-state index in [4.69, 9.17) is 16.3 Å². The van der Waals surface area contributed by atoms with Crippen LogP contribution >= 0.6 is 34.2 Å². The summed E-state index contributed by atoms with van der Waals surface area (Å²) in [5.41, 5.74) is 0. The predicted octanol–water partition coefficient (Wildman–Crippen LogP) is 2.03. The number of hydrogen-bond acceptors (Lipinski definition) is 3. The van der Waals surface area contributed by atoms with E-state index < -0.39 is 0 Å². The van der Waals surface area contributed by atoms with Crippen molar-refractivity contribution in [1.82, 2.24) is 9.88 Å². The van der Waals surface area contributed by atoms with E-state index >= 15 is 0 Å². The summed E-state index contributed by atoms with van der Waals surface area (Å²) in [6, 6.07) is 1.81. The molecule has 1 aliphatic heterocycles. The van der Waals surface area contributed by atoms with Gasteiger partial charge in [-0.2, -0.15) is 0 Å². The average Bonchev–Trinajstić information content (AvgIpc) is 2.06. The van der Waals surface area contributed by atoms with Crippen molar-refractivity contribution in [2.24, 2.45) is 0 Å². The normalized spacial score (nSPS) is 17.9. The molecule has 0 spiro atoms. The smallest absolute Gasteiger partial charge is 0.151 e. The molecule has 5 heteroatoms. The van der Waals surface area contributed by atoms with Gasteiger partial charge in [-0.05, 0) is 35.7 Å². The highest BCUT2D eigenvalue weighted by molar-refractivity contribution is 14.1. The highest BCUT2D eigenvalue weighted by atomic mass is 127. The number of likely N-dealkylation sites (N-methyl/N-ethyl adjacent to an activating group) is 1. The molecule has 1 aromatic rings. The Hall–Kier alpha value is -0.0700. The van der Waals surface area contributed by atoms with Crippen LogP contribution in [0.1, 0.15) is 0 Å². The molecule has 2 heterocycles. The molecule has 76 valence electrons. The highest BCUT2D eigenvalue weighted by Gasteiger charge is 2.25. The van der Waals surface area contributed by atoms with E-state index in [9.17, 15) is 0 Å². The summed E-state index contributed by atoms with van der Waals surface area (Å²) in [4.78, 5) is 6.20. The molecule has 0 amide bonds. The Morgan fingerprint density at radius 1 is 1.64 bits per heavy atom. The summed E-state index contributed by atoms with van der Waals surface area (Å²) in [5.74, 6) is 0.827. The molecular weight excluding hydrogens is 314 g/mol. The quantitative estimate of drug-likeness (QED) is 0.615. The third-order valence-electron chi connectivity index (χ3n) is 2.11. The third-order valence-corrected chi connectivity index (χ3v) is 3.16. The van der Waals surface area contributed by atoms with Gasteiger partial charge >= 0.3 is 0 Å². The number of ether oxygens (including phenoxy) is 1. The second-order valence-corrected chi connectivity index (χ2v) is 4.95. The maximum atomic E-state index is 5.74. The minimum Gasteiger partial charge on any atom is -0.485 e. The van der Waals surface area contributed by atoms with Crippen LogP contribution in [0.4, 0.5) is 0 Å². The summed E-state index contributed by atoms with van der Waals surface area (Å²) in [6.07, 6.45) is 1.99. The summed E-state index contributed by atoms with van der Waals surface area (Å²) >= 11 is 7.95. The van der Waals surface area contributed by atoms with Crippen molar-refractivity contribution in [2.45, 2.75) is 6.10 Å². The van der Waals surface area contributed by atoms with E-state index in [1.165, 1.54) is 0 Å². The van der Waals surface area contributed by atoms with E-state index in [2.05, 4.69) is 39.5 Å². The summed E-state index contributed by atoms with van der Waals surface area (Å²) in [7, 11) is 2.07. The lowest BCUT2D eigenvalue weighted by molar-refractivity contribution is 0.0379. The van der Waals surface area contributed by atoms with Gasteiger partial charge in [0.25, 0.3) is 0 Å². The van der Waals surface area contributed by atoms with Crippen LogP contribution in [0.15, 0.2) is 12.3 Å². The molecule has 0 bridgehead atoms. The maximum Gasteiger partial charge on any atom is 0.151 e. The van der Waals surface area contributed by atoms with Crippen LogP contribution in [0.2, 0.25) is 5.15 Å². The van der Waals surface area contributed by atoms with Gasteiger partial charge in [0, 0.05) is 13.1 Å². The summed E-state index contributed by atoms with van der Waals surface area (Å²) in [5, 5.41) is 0.507. The second-order valence-electron chi connectivity index (χ2n) is 3.40. The minimum atomic E-state index is 0.302. The van der Waals surface area contributed by atoms with Crippen molar-refractivity contribution in [3.63, 3.8) is 0 Å². The number of nitrogens with zero attached hydrogens (tertiary/aromatic N) is 2. The van der Waals surface area contributed by atoms with Crippen LogP contribution in [0, 0.1) is 3.57 Å². The first kappa shape index (κ1) is 10.4. The van der Waals surface area contributed by atoms with Gasteiger partial charge in [-0.15, -0.1) is 0 Å². The fraction of sp³-hybridized carbons (Fsp3) is 0.444. The largest absolute Gasteiger partial charge is 0.485 e. The molecule has 0 aliphatic carbocycles. The number of hydrogen-bond donors (Lipinski definition) is 0. The molecule has 3 nitrogen and oxygen atoms in total. The lowest BCUT2D eigenvalue weighted by Gasteiger charge is -2.36. The van der Waals surface area contributed by atoms with Crippen molar-refractivity contribution in [1.29, 1.82) is 0 Å². The maximum absolute atomic E-state index is 5.74. The minimum absolute atomic E-state index is 0.302. The van der Waals surface area contributed by atoms with E-state index in [-0.39, 0.29) is 0 Å². The van der Waals surface area contributed by atoms with Crippen LogP contribution in [0.5, 0.6) is 5.75 Å². The molecule has 1 saturated heterocycles. The zero-order valence-electron chi connectivity index (χ0n) is 7.70. The molecule has 0 unspecified atom stereocenters. The molecule has 0 N–H and O–H groups in total. The Bertz CT molecular complexity index is 342. The number of aromatic nitrogens is 1. The molecule has 2 rings (SSSR count). The number of pyridine rings is 1. The van der Waals surface area contributed by atoms with Crippen molar-refractivity contribution >= 4 is 34.2 Å². The number of halogens is 2. The Kier molecular flexibility index (Phi) is 3.14. The zero-order valence-corrected chi connectivity index (χ0v) is 10.6. The van der Waals surface area contributed by atoms with Gasteiger partial charge in [0.15, 0.2) is 5.75 Å². The van der Waals surface area contributed by atoms with Gasteiger partial charge in [-0.1, -0.05) is 11.6 Å². The van der Waals surface area contributed by atoms with E-state index in [1.807, 2.05) is 0 Å². The Morgan fingerprint density at radius 2 is 2.36 bits per heavy atom. The fourth-order valence-electron chi connectivity index (χ4n) is 1.38. The molecule has 1 aromatic heterocycles. The Morgan fingerprint density at radius 3 is 2.93 bits per heavy atom. The standard InChI is InChI=1S/C9H10ClIN2O/c1-13-4-6(5-13)14-8-3-12-9(10)2-7(8)11/h2-3,6H,4-5H2,1H3. The van der Waals surface area contributed by atoms with Gasteiger partial charge in [0.1, 0.15) is 11.3 Å². The van der Waals surface area contributed by atoms with Crippen molar-refractivity contribution in [3.8, 4) is 5.75 Å².